The molecule has 8 aromatic rings. The molecule has 5 heterocycles. The molecule has 4 aromatic heterocycles. The van der Waals surface area contributed by atoms with E-state index in [9.17, 15) is 0 Å². The fourth-order valence-corrected chi connectivity index (χ4v) is 7.17. The molecular formula is C44H29N5. The molecule has 1 aliphatic heterocycles. The normalized spacial score (nSPS) is 15.6. The second-order valence-corrected chi connectivity index (χ2v) is 12.7. The molecule has 4 aromatic carbocycles. The van der Waals surface area contributed by atoms with Crippen LogP contribution in [0.15, 0.2) is 164 Å². The van der Waals surface area contributed by atoms with Gasteiger partial charge in [0.1, 0.15) is 0 Å². The minimum absolute atomic E-state index is 0.0717. The summed E-state index contributed by atoms with van der Waals surface area (Å²) in [4.78, 5) is 17.8. The summed E-state index contributed by atoms with van der Waals surface area (Å²) in [6.45, 7) is 0. The van der Waals surface area contributed by atoms with Gasteiger partial charge in [-0.05, 0) is 81.3 Å². The second kappa shape index (κ2) is 11.0. The van der Waals surface area contributed by atoms with E-state index >= 15 is 0 Å². The molecular weight excluding hydrogens is 599 g/mol. The number of hydrogen-bond donors (Lipinski definition) is 2. The van der Waals surface area contributed by atoms with Crippen LogP contribution in [0.1, 0.15) is 11.1 Å². The van der Waals surface area contributed by atoms with Crippen molar-refractivity contribution in [2.75, 3.05) is 0 Å². The molecule has 2 aliphatic rings. The predicted molar refractivity (Wildman–Crippen MR) is 202 cm³/mol. The minimum atomic E-state index is 0.0717. The first-order valence-corrected chi connectivity index (χ1v) is 16.5. The molecule has 5 nitrogen and oxygen atoms in total. The average Bonchev–Trinajstić information content (AvgIpc) is 3.66. The molecule has 1 aliphatic carbocycles. The molecule has 49 heavy (non-hydrogen) atoms. The molecule has 230 valence electrons. The van der Waals surface area contributed by atoms with Crippen LogP contribution in [0.3, 0.4) is 0 Å². The van der Waals surface area contributed by atoms with Gasteiger partial charge in [-0.25, -0.2) is 4.98 Å². The van der Waals surface area contributed by atoms with E-state index in [1.807, 2.05) is 30.7 Å². The molecule has 0 saturated carbocycles. The largest absolute Gasteiger partial charge is 0.374 e. The number of rotatable bonds is 4. The monoisotopic (exact) mass is 627 g/mol. The molecule has 5 heteroatoms. The topological polar surface area (TPSA) is 66.5 Å². The summed E-state index contributed by atoms with van der Waals surface area (Å²) in [5.74, 6) is 0. The Kier molecular flexibility index (Phi) is 6.18. The Morgan fingerprint density at radius 1 is 0.612 bits per heavy atom. The average molecular weight is 628 g/mol. The molecule has 10 rings (SSSR count). The highest BCUT2D eigenvalue weighted by atomic mass is 14.9. The van der Waals surface area contributed by atoms with Crippen molar-refractivity contribution >= 4 is 54.8 Å². The summed E-state index contributed by atoms with van der Waals surface area (Å²) in [5.41, 5.74) is 12.9. The van der Waals surface area contributed by atoms with Crippen molar-refractivity contribution in [3.63, 3.8) is 0 Å². The molecule has 0 radical (unpaired) electrons. The number of nitrogens with one attached hydrogen (secondary N) is 2. The number of H-pyrrole nitrogens is 1. The first-order chi connectivity index (χ1) is 24.2. The van der Waals surface area contributed by atoms with Crippen LogP contribution in [0.25, 0.3) is 77.3 Å². The number of nitrogens with zero attached hydrogens (tertiary/aromatic N) is 3. The fourth-order valence-electron chi connectivity index (χ4n) is 7.17. The van der Waals surface area contributed by atoms with Crippen molar-refractivity contribution in [2.45, 2.75) is 6.04 Å². The first-order valence-electron chi connectivity index (χ1n) is 16.5. The van der Waals surface area contributed by atoms with Gasteiger partial charge in [-0.3, -0.25) is 9.97 Å². The number of benzene rings is 4. The van der Waals surface area contributed by atoms with E-state index in [2.05, 4.69) is 138 Å². The Hall–Kier alpha value is -6.59. The number of pyridine rings is 3. The van der Waals surface area contributed by atoms with Crippen molar-refractivity contribution in [1.82, 2.24) is 25.3 Å². The van der Waals surface area contributed by atoms with Crippen LogP contribution in [-0.4, -0.2) is 26.0 Å². The predicted octanol–water partition coefficient (Wildman–Crippen LogP) is 10.0. The van der Waals surface area contributed by atoms with Gasteiger partial charge in [0.2, 0.25) is 0 Å². The van der Waals surface area contributed by atoms with Crippen molar-refractivity contribution < 1.29 is 0 Å². The molecule has 0 spiro atoms. The van der Waals surface area contributed by atoms with Gasteiger partial charge in [0.25, 0.3) is 0 Å². The summed E-state index contributed by atoms with van der Waals surface area (Å²) < 4.78 is 0. The van der Waals surface area contributed by atoms with Gasteiger partial charge >= 0.3 is 0 Å². The third-order valence-electron chi connectivity index (χ3n) is 9.75. The van der Waals surface area contributed by atoms with Gasteiger partial charge in [-0.2, -0.15) is 0 Å². The lowest BCUT2D eigenvalue weighted by molar-refractivity contribution is 0.815. The highest BCUT2D eigenvalue weighted by Gasteiger charge is 2.20. The Labute approximate surface area is 282 Å². The van der Waals surface area contributed by atoms with Gasteiger partial charge < -0.3 is 10.3 Å². The van der Waals surface area contributed by atoms with Crippen LogP contribution in [0, 0.1) is 0 Å². The van der Waals surface area contributed by atoms with E-state index in [0.717, 1.165) is 60.7 Å². The van der Waals surface area contributed by atoms with Gasteiger partial charge in [-0.15, -0.1) is 0 Å². The van der Waals surface area contributed by atoms with Crippen molar-refractivity contribution in [1.29, 1.82) is 0 Å². The first kappa shape index (κ1) is 27.5. The zero-order valence-electron chi connectivity index (χ0n) is 26.4. The van der Waals surface area contributed by atoms with E-state index in [-0.39, 0.29) is 6.04 Å². The number of aromatic amines is 1. The summed E-state index contributed by atoms with van der Waals surface area (Å²) in [7, 11) is 0. The zero-order valence-corrected chi connectivity index (χ0v) is 26.4. The Balaban J connectivity index is 0.928. The van der Waals surface area contributed by atoms with Crippen LogP contribution in [0.2, 0.25) is 0 Å². The van der Waals surface area contributed by atoms with E-state index in [4.69, 9.17) is 15.0 Å². The van der Waals surface area contributed by atoms with E-state index < -0.39 is 0 Å². The van der Waals surface area contributed by atoms with Crippen molar-refractivity contribution in [2.24, 2.45) is 0 Å². The summed E-state index contributed by atoms with van der Waals surface area (Å²) in [6, 6.07) is 38.6. The quantitative estimate of drug-likeness (QED) is 0.204. The highest BCUT2D eigenvalue weighted by Crippen LogP contribution is 2.35. The van der Waals surface area contributed by atoms with Crippen molar-refractivity contribution in [3.8, 4) is 22.5 Å². The lowest BCUT2D eigenvalue weighted by atomic mass is 9.89. The fraction of sp³-hybridized carbons (Fsp3) is 0.0227. The number of hydrogen-bond acceptors (Lipinski definition) is 4. The van der Waals surface area contributed by atoms with Crippen LogP contribution >= 0.6 is 0 Å². The molecule has 0 fully saturated rings. The van der Waals surface area contributed by atoms with Crippen LogP contribution in [0.4, 0.5) is 0 Å². The Morgan fingerprint density at radius 3 is 2.41 bits per heavy atom. The van der Waals surface area contributed by atoms with Gasteiger partial charge in [0, 0.05) is 45.8 Å². The Morgan fingerprint density at radius 2 is 1.47 bits per heavy atom. The lowest BCUT2D eigenvalue weighted by Crippen LogP contribution is -2.30. The molecule has 1 atom stereocenters. The molecule has 0 saturated heterocycles. The van der Waals surface area contributed by atoms with E-state index in [1.165, 1.54) is 33.2 Å². The smallest absolute Gasteiger partial charge is 0.0948 e. The Bertz CT molecular complexity index is 2740. The maximum absolute atomic E-state index is 5.04. The standard InChI is InChI=1S/C44H29N5/c1-2-5-35-26-47-42(24-31(35)4-1)39-18-16-30-12-14-33(25-41(30)49-39)38-17-15-29-11-13-32(23-40(29)48-38)27-7-9-28(10-8-27)37-22-34-19-21-46-43(34)44-36(37)6-3-20-45-44/h1-26,40,46,48H. The van der Waals surface area contributed by atoms with Crippen LogP contribution in [-0.2, 0) is 0 Å². The van der Waals surface area contributed by atoms with Crippen LogP contribution in [0.5, 0.6) is 0 Å². The maximum Gasteiger partial charge on any atom is 0.0948 e. The molecule has 2 N–H and O–H groups in total. The van der Waals surface area contributed by atoms with Gasteiger partial charge in [0.05, 0.1) is 34.0 Å². The van der Waals surface area contributed by atoms with E-state index in [1.54, 1.807) is 0 Å². The SMILES string of the molecule is C1=CC2=CC=C(c3ccc4ccc(-c5cc6ccccc6cn5)nc4c3)NC2C=C1c1ccc(-c2cc3cc[nH]c3c3ncccc23)cc1. The minimum Gasteiger partial charge on any atom is -0.374 e. The highest BCUT2D eigenvalue weighted by molar-refractivity contribution is 6.10. The summed E-state index contributed by atoms with van der Waals surface area (Å²) in [5, 5.41) is 9.49. The van der Waals surface area contributed by atoms with Gasteiger partial charge in [0.15, 0.2) is 0 Å². The van der Waals surface area contributed by atoms with E-state index in [0.29, 0.717) is 0 Å². The van der Waals surface area contributed by atoms with Crippen molar-refractivity contribution in [3.05, 3.63) is 175 Å². The number of aromatic nitrogens is 4. The molecule has 0 amide bonds. The number of allylic oxidation sites excluding steroid dienone is 4. The second-order valence-electron chi connectivity index (χ2n) is 12.7. The van der Waals surface area contributed by atoms with Gasteiger partial charge in [-0.1, -0.05) is 97.1 Å². The lowest BCUT2D eigenvalue weighted by Gasteiger charge is -2.27. The number of dihydropyridines is 1. The molecule has 1 unspecified atom stereocenters. The zero-order chi connectivity index (χ0) is 32.3. The summed E-state index contributed by atoms with van der Waals surface area (Å²) in [6.07, 6.45) is 16.9. The third kappa shape index (κ3) is 4.75. The number of fused-ring (bicyclic) bond motifs is 6. The summed E-state index contributed by atoms with van der Waals surface area (Å²) >= 11 is 0. The third-order valence-corrected chi connectivity index (χ3v) is 9.75. The maximum atomic E-state index is 5.04. The molecule has 0 bridgehead atoms. The van der Waals surface area contributed by atoms with Crippen LogP contribution < -0.4 is 5.32 Å².